The van der Waals surface area contributed by atoms with Crippen molar-refractivity contribution in [2.45, 2.75) is 24.7 Å². The number of imidazole rings is 1. The summed E-state index contributed by atoms with van der Waals surface area (Å²) in [6, 6.07) is 65.0. The SMILES string of the molecule is I.c1ccc([PH](CCCSc2n(Cc3ccc4ccccc4c3)cc[n+]2Cc2ccc3ccccc3c2)(c2ccccc2)c2ccccc2)cc1. The molecule has 0 saturated carbocycles. The third-order valence-electron chi connectivity index (χ3n) is 9.98. The normalized spacial score (nSPS) is 11.8. The maximum atomic E-state index is 2.45. The van der Waals surface area contributed by atoms with Gasteiger partial charge in [-0.3, -0.25) is 0 Å². The van der Waals surface area contributed by atoms with E-state index in [4.69, 9.17) is 0 Å². The molecule has 0 saturated heterocycles. The Kier molecular flexibility index (Phi) is 11.3. The third-order valence-corrected chi connectivity index (χ3v) is 16.3. The number of hydrogen-bond donors (Lipinski definition) is 0. The van der Waals surface area contributed by atoms with Crippen molar-refractivity contribution in [3.63, 3.8) is 0 Å². The van der Waals surface area contributed by atoms with Gasteiger partial charge in [0.1, 0.15) is 0 Å². The molecular formula is C46H43IN2PS+. The molecular weight excluding hydrogens is 770 g/mol. The van der Waals surface area contributed by atoms with Gasteiger partial charge < -0.3 is 0 Å². The van der Waals surface area contributed by atoms with E-state index in [2.05, 4.69) is 197 Å². The zero-order valence-electron chi connectivity index (χ0n) is 28.6. The van der Waals surface area contributed by atoms with Gasteiger partial charge in [0.05, 0.1) is 0 Å². The Morgan fingerprint density at radius 2 is 0.980 bits per heavy atom. The number of aromatic nitrogens is 2. The molecule has 5 heteroatoms. The number of nitrogens with zero attached hydrogens (tertiary/aromatic N) is 2. The average Bonchev–Trinajstić information content (AvgIpc) is 3.55. The number of thioether (sulfide) groups is 1. The van der Waals surface area contributed by atoms with Gasteiger partial charge in [-0.15, -0.1) is 24.0 Å². The van der Waals surface area contributed by atoms with E-state index in [0.717, 1.165) is 31.4 Å². The number of fused-ring (bicyclic) bond motifs is 2. The van der Waals surface area contributed by atoms with Crippen LogP contribution in [0.15, 0.2) is 193 Å². The van der Waals surface area contributed by atoms with Gasteiger partial charge in [-0.1, -0.05) is 12.1 Å². The van der Waals surface area contributed by atoms with Crippen LogP contribution in [0.5, 0.6) is 0 Å². The summed E-state index contributed by atoms with van der Waals surface area (Å²) < 4.78 is 4.90. The maximum absolute atomic E-state index is 2.45. The molecule has 0 atom stereocenters. The molecule has 0 fully saturated rings. The standard InChI is InChI=1S/C46H42N2PS.HI/c1-4-19-43(20-5-1)49(44-21-6-2-7-22-44,45-23-8-3-9-24-45)31-14-32-50-46-47(35-37-25-27-39-15-10-12-17-41(39)33-37)29-30-48(46)36-38-26-28-40-16-11-13-18-42(40)34-38;/h1-13,15-30,33-34,49H,14,31-32,35-36H2;1H/q+1;. The summed E-state index contributed by atoms with van der Waals surface area (Å²) in [5.41, 5.74) is 2.64. The van der Waals surface area contributed by atoms with Crippen molar-refractivity contribution in [2.75, 3.05) is 11.9 Å². The molecule has 0 radical (unpaired) electrons. The van der Waals surface area contributed by atoms with Crippen LogP contribution in [0.25, 0.3) is 21.5 Å². The first-order chi connectivity index (χ1) is 24.8. The molecule has 0 amide bonds. The van der Waals surface area contributed by atoms with Gasteiger partial charge in [-0.25, -0.2) is 0 Å². The Hall–Kier alpha value is -4.22. The molecule has 51 heavy (non-hydrogen) atoms. The summed E-state index contributed by atoms with van der Waals surface area (Å²) in [6.07, 6.45) is 6.81. The van der Waals surface area contributed by atoms with E-state index in [1.54, 1.807) is 0 Å². The Labute approximate surface area is 323 Å². The van der Waals surface area contributed by atoms with Crippen LogP contribution in [0, 0.1) is 0 Å². The molecule has 0 aliphatic carbocycles. The fourth-order valence-corrected chi connectivity index (χ4v) is 13.7. The Morgan fingerprint density at radius 3 is 1.53 bits per heavy atom. The Balaban J connectivity index is 0.00000406. The van der Waals surface area contributed by atoms with Crippen molar-refractivity contribution >= 4 is 80.5 Å². The predicted octanol–water partition coefficient (Wildman–Crippen LogP) is 10.0. The van der Waals surface area contributed by atoms with Crippen LogP contribution in [0.3, 0.4) is 0 Å². The van der Waals surface area contributed by atoms with Gasteiger partial charge in [0.25, 0.3) is 0 Å². The zero-order chi connectivity index (χ0) is 33.6. The molecule has 1 aromatic heterocycles. The van der Waals surface area contributed by atoms with Crippen LogP contribution in [0.4, 0.5) is 0 Å². The van der Waals surface area contributed by atoms with Crippen molar-refractivity contribution in [1.82, 2.24) is 4.57 Å². The predicted molar refractivity (Wildman–Crippen MR) is 233 cm³/mol. The fourth-order valence-electron chi connectivity index (χ4n) is 7.53. The molecule has 0 bridgehead atoms. The van der Waals surface area contributed by atoms with Crippen molar-refractivity contribution in [1.29, 1.82) is 0 Å². The molecule has 254 valence electrons. The van der Waals surface area contributed by atoms with Crippen LogP contribution in [-0.4, -0.2) is 16.5 Å². The first kappa shape index (κ1) is 35.2. The summed E-state index contributed by atoms with van der Waals surface area (Å²) >= 11 is 2.00. The first-order valence-corrected chi connectivity index (χ1v) is 20.8. The van der Waals surface area contributed by atoms with E-state index >= 15 is 0 Å². The number of rotatable bonds is 12. The van der Waals surface area contributed by atoms with Gasteiger partial charge in [0.15, 0.2) is 0 Å². The third kappa shape index (κ3) is 7.70. The van der Waals surface area contributed by atoms with Crippen LogP contribution in [-0.2, 0) is 13.1 Å². The van der Waals surface area contributed by atoms with E-state index in [9.17, 15) is 0 Å². The molecule has 0 unspecified atom stereocenters. The summed E-state index contributed by atoms with van der Waals surface area (Å²) in [5, 5.41) is 10.9. The van der Waals surface area contributed by atoms with Crippen molar-refractivity contribution in [3.05, 3.63) is 199 Å². The summed E-state index contributed by atoms with van der Waals surface area (Å²) in [5.74, 6) is 1.04. The average molecular weight is 814 g/mol. The summed E-state index contributed by atoms with van der Waals surface area (Å²) in [7, 11) is -2.27. The topological polar surface area (TPSA) is 8.81 Å². The molecule has 8 aromatic rings. The van der Waals surface area contributed by atoms with Crippen molar-refractivity contribution in [3.8, 4) is 0 Å². The van der Waals surface area contributed by atoms with E-state index in [1.165, 1.54) is 53.7 Å². The molecule has 0 aliphatic heterocycles. The number of hydrogen-bond acceptors (Lipinski definition) is 1. The quantitative estimate of drug-likeness (QED) is 0.0393. The van der Waals surface area contributed by atoms with Gasteiger partial charge in [-0.2, -0.15) is 0 Å². The molecule has 7 aromatic carbocycles. The van der Waals surface area contributed by atoms with Crippen molar-refractivity contribution < 1.29 is 4.57 Å². The first-order valence-electron chi connectivity index (χ1n) is 17.6. The Bertz CT molecular complexity index is 2150. The van der Waals surface area contributed by atoms with Crippen LogP contribution >= 0.6 is 43.0 Å². The van der Waals surface area contributed by atoms with E-state index in [0.29, 0.717) is 0 Å². The van der Waals surface area contributed by atoms with Gasteiger partial charge >= 0.3 is 290 Å². The molecule has 1 heterocycles. The van der Waals surface area contributed by atoms with Crippen LogP contribution in [0.2, 0.25) is 0 Å². The molecule has 0 spiro atoms. The molecule has 2 nitrogen and oxygen atoms in total. The van der Waals surface area contributed by atoms with Crippen molar-refractivity contribution in [2.24, 2.45) is 0 Å². The minimum atomic E-state index is -2.27. The summed E-state index contributed by atoms with van der Waals surface area (Å²) in [6.45, 7) is 1.68. The molecule has 0 N–H and O–H groups in total. The fraction of sp³-hybridized carbons (Fsp3) is 0.109. The number of benzene rings is 7. The van der Waals surface area contributed by atoms with E-state index in [-0.39, 0.29) is 24.0 Å². The van der Waals surface area contributed by atoms with Crippen LogP contribution in [0.1, 0.15) is 17.5 Å². The van der Waals surface area contributed by atoms with E-state index < -0.39 is 7.26 Å². The van der Waals surface area contributed by atoms with Gasteiger partial charge in [-0.05, 0) is 0 Å². The monoisotopic (exact) mass is 813 g/mol. The second kappa shape index (κ2) is 16.4. The Morgan fingerprint density at radius 1 is 0.510 bits per heavy atom. The minimum absolute atomic E-state index is 0. The molecule has 8 rings (SSSR count). The van der Waals surface area contributed by atoms with Gasteiger partial charge in [0.2, 0.25) is 0 Å². The molecule has 0 aliphatic rings. The van der Waals surface area contributed by atoms with E-state index in [1.807, 2.05) is 11.8 Å². The van der Waals surface area contributed by atoms with Gasteiger partial charge in [0, 0.05) is 0 Å². The summed E-state index contributed by atoms with van der Waals surface area (Å²) in [4.78, 5) is 0. The second-order valence-electron chi connectivity index (χ2n) is 13.2. The zero-order valence-corrected chi connectivity index (χ0v) is 32.8. The number of halogens is 1. The van der Waals surface area contributed by atoms with Crippen LogP contribution < -0.4 is 20.5 Å². The second-order valence-corrected chi connectivity index (χ2v) is 18.3.